The largest absolute Gasteiger partial charge is 0.493 e. The first-order chi connectivity index (χ1) is 18.4. The van der Waals surface area contributed by atoms with Gasteiger partial charge in [-0.05, 0) is 49.3 Å². The maximum atomic E-state index is 13.4. The Morgan fingerprint density at radius 2 is 1.97 bits per heavy atom. The van der Waals surface area contributed by atoms with Crippen LogP contribution in [0, 0.1) is 5.92 Å². The van der Waals surface area contributed by atoms with Crippen molar-refractivity contribution in [2.75, 3.05) is 52.5 Å². The van der Waals surface area contributed by atoms with Gasteiger partial charge in [0.25, 0.3) is 0 Å². The van der Waals surface area contributed by atoms with Crippen LogP contribution < -0.4 is 4.74 Å². The maximum absolute atomic E-state index is 13.4. The van der Waals surface area contributed by atoms with E-state index < -0.39 is 11.9 Å². The van der Waals surface area contributed by atoms with E-state index in [4.69, 9.17) is 4.74 Å². The van der Waals surface area contributed by atoms with Gasteiger partial charge in [0.15, 0.2) is 0 Å². The number of rotatable bonds is 14. The number of hydrogen-bond acceptors (Lipinski definition) is 6. The molecule has 3 aliphatic heterocycles. The molecule has 2 saturated heterocycles. The van der Waals surface area contributed by atoms with E-state index in [0.717, 1.165) is 49.1 Å². The maximum Gasteiger partial charge on any atom is 0.308 e. The zero-order valence-corrected chi connectivity index (χ0v) is 22.6. The van der Waals surface area contributed by atoms with Crippen LogP contribution in [-0.4, -0.2) is 101 Å². The lowest BCUT2D eigenvalue weighted by atomic mass is 9.83. The molecule has 4 rings (SSSR count). The van der Waals surface area contributed by atoms with E-state index in [1.165, 1.54) is 0 Å². The van der Waals surface area contributed by atoms with Crippen molar-refractivity contribution in [1.29, 1.82) is 0 Å². The highest BCUT2D eigenvalue weighted by atomic mass is 16.5. The molecule has 3 aliphatic rings. The molecular formula is C29H43N3O6. The van der Waals surface area contributed by atoms with Crippen LogP contribution >= 0.6 is 0 Å². The number of carbonyl (C=O) groups is 3. The van der Waals surface area contributed by atoms with Gasteiger partial charge in [-0.1, -0.05) is 25.5 Å². The summed E-state index contributed by atoms with van der Waals surface area (Å²) < 4.78 is 5.66. The summed E-state index contributed by atoms with van der Waals surface area (Å²) in [6, 6.07) is 5.71. The standard InChI is InChI=1S/C29H43N3O6/c1-2-3-12-31(15-6-16-33)27(35)20-32-19-23(21-9-10-25-22(18-21)11-17-38-25)28(29(36)37)24(32)7-4-13-30-14-5-8-26(30)34/h9-10,18,23-24,28,33H,2-8,11-17,19-20H2,1H3,(H,36,37). The van der Waals surface area contributed by atoms with E-state index in [2.05, 4.69) is 17.9 Å². The Morgan fingerprint density at radius 1 is 1.16 bits per heavy atom. The number of benzene rings is 1. The third-order valence-corrected chi connectivity index (χ3v) is 8.33. The molecule has 1 aromatic carbocycles. The molecule has 38 heavy (non-hydrogen) atoms. The molecule has 3 atom stereocenters. The molecule has 3 heterocycles. The predicted octanol–water partition coefficient (Wildman–Crippen LogP) is 2.50. The van der Waals surface area contributed by atoms with E-state index in [-0.39, 0.29) is 36.9 Å². The number of carbonyl (C=O) groups excluding carboxylic acids is 2. The molecule has 2 N–H and O–H groups in total. The highest BCUT2D eigenvalue weighted by Crippen LogP contribution is 2.41. The lowest BCUT2D eigenvalue weighted by Crippen LogP contribution is -2.45. The summed E-state index contributed by atoms with van der Waals surface area (Å²) in [5, 5.41) is 19.7. The molecule has 2 fully saturated rings. The second-order valence-corrected chi connectivity index (χ2v) is 10.9. The Hall–Kier alpha value is -2.65. The minimum absolute atomic E-state index is 0.0150. The van der Waals surface area contributed by atoms with Crippen molar-refractivity contribution in [2.24, 2.45) is 5.92 Å². The van der Waals surface area contributed by atoms with Crippen molar-refractivity contribution in [3.8, 4) is 5.75 Å². The van der Waals surface area contributed by atoms with Gasteiger partial charge in [-0.2, -0.15) is 0 Å². The number of nitrogens with zero attached hydrogens (tertiary/aromatic N) is 3. The number of aliphatic hydroxyl groups is 1. The lowest BCUT2D eigenvalue weighted by Gasteiger charge is -2.30. The van der Waals surface area contributed by atoms with E-state index in [1.54, 1.807) is 0 Å². The average molecular weight is 530 g/mol. The fourth-order valence-electron chi connectivity index (χ4n) is 6.30. The van der Waals surface area contributed by atoms with Crippen molar-refractivity contribution in [3.05, 3.63) is 29.3 Å². The number of carboxylic acid groups (broad SMARTS) is 1. The number of unbranched alkanes of at least 4 members (excludes halogenated alkanes) is 1. The minimum Gasteiger partial charge on any atom is -0.493 e. The summed E-state index contributed by atoms with van der Waals surface area (Å²) in [6.45, 7) is 5.96. The van der Waals surface area contributed by atoms with Crippen molar-refractivity contribution in [2.45, 2.75) is 70.3 Å². The molecule has 9 nitrogen and oxygen atoms in total. The number of ether oxygens (including phenoxy) is 1. The van der Waals surface area contributed by atoms with Crippen LogP contribution in [0.2, 0.25) is 0 Å². The fraction of sp³-hybridized carbons (Fsp3) is 0.690. The molecule has 0 aliphatic carbocycles. The van der Waals surface area contributed by atoms with Crippen molar-refractivity contribution >= 4 is 17.8 Å². The Bertz CT molecular complexity index is 977. The van der Waals surface area contributed by atoms with Crippen LogP contribution in [0.25, 0.3) is 0 Å². The normalized spacial score (nSPS) is 23.1. The molecule has 0 aromatic heterocycles. The van der Waals surface area contributed by atoms with E-state index in [1.807, 2.05) is 21.9 Å². The molecule has 0 spiro atoms. The molecule has 1 aromatic rings. The second-order valence-electron chi connectivity index (χ2n) is 10.9. The molecule has 0 radical (unpaired) electrons. The van der Waals surface area contributed by atoms with Crippen LogP contribution in [0.1, 0.15) is 68.9 Å². The SMILES string of the molecule is CCCCN(CCCO)C(=O)CN1CC(c2ccc3c(c2)CCO3)C(C(=O)O)C1CCCN1CCCC1=O. The number of fused-ring (bicyclic) bond motifs is 1. The summed E-state index contributed by atoms with van der Waals surface area (Å²) in [6.07, 6.45) is 6.00. The molecular weight excluding hydrogens is 486 g/mol. The van der Waals surface area contributed by atoms with E-state index in [9.17, 15) is 24.6 Å². The van der Waals surface area contributed by atoms with Crippen LogP contribution in [0.5, 0.6) is 5.75 Å². The highest BCUT2D eigenvalue weighted by molar-refractivity contribution is 5.79. The monoisotopic (exact) mass is 529 g/mol. The van der Waals surface area contributed by atoms with Crippen molar-refractivity contribution in [1.82, 2.24) is 14.7 Å². The Kier molecular flexibility index (Phi) is 10.0. The Labute approximate surface area is 225 Å². The number of likely N-dealkylation sites (tertiary alicyclic amines) is 2. The first kappa shape index (κ1) is 28.4. The minimum atomic E-state index is -0.841. The smallest absolute Gasteiger partial charge is 0.308 e. The first-order valence-corrected chi connectivity index (χ1v) is 14.3. The summed E-state index contributed by atoms with van der Waals surface area (Å²) >= 11 is 0. The zero-order valence-electron chi connectivity index (χ0n) is 22.6. The molecule has 210 valence electrons. The summed E-state index contributed by atoms with van der Waals surface area (Å²) in [4.78, 5) is 44.0. The fourth-order valence-corrected chi connectivity index (χ4v) is 6.30. The van der Waals surface area contributed by atoms with Gasteiger partial charge < -0.3 is 24.7 Å². The Balaban J connectivity index is 1.54. The summed E-state index contributed by atoms with van der Waals surface area (Å²) in [5.74, 6) is -0.684. The quantitative estimate of drug-likeness (QED) is 0.381. The van der Waals surface area contributed by atoms with Gasteiger partial charge in [-0.25, -0.2) is 0 Å². The van der Waals surface area contributed by atoms with Gasteiger partial charge in [-0.3, -0.25) is 19.3 Å². The van der Waals surface area contributed by atoms with Crippen LogP contribution in [0.15, 0.2) is 18.2 Å². The predicted molar refractivity (Wildman–Crippen MR) is 143 cm³/mol. The zero-order chi connectivity index (χ0) is 27.1. The van der Waals surface area contributed by atoms with Crippen molar-refractivity contribution < 1.29 is 29.3 Å². The number of carboxylic acids is 1. The van der Waals surface area contributed by atoms with Crippen LogP contribution in [-0.2, 0) is 20.8 Å². The van der Waals surface area contributed by atoms with Crippen LogP contribution in [0.4, 0.5) is 0 Å². The number of hydrogen-bond donors (Lipinski definition) is 2. The third kappa shape index (κ3) is 6.67. The van der Waals surface area contributed by atoms with Gasteiger partial charge in [0.2, 0.25) is 11.8 Å². The summed E-state index contributed by atoms with van der Waals surface area (Å²) in [7, 11) is 0. The number of aliphatic carboxylic acids is 1. The molecule has 0 saturated carbocycles. The van der Waals surface area contributed by atoms with Crippen LogP contribution in [0.3, 0.4) is 0 Å². The van der Waals surface area contributed by atoms with E-state index in [0.29, 0.717) is 58.5 Å². The van der Waals surface area contributed by atoms with Gasteiger partial charge in [0.05, 0.1) is 19.1 Å². The number of amides is 2. The molecule has 2 amide bonds. The second kappa shape index (κ2) is 13.4. The van der Waals surface area contributed by atoms with Gasteiger partial charge in [0.1, 0.15) is 5.75 Å². The topological polar surface area (TPSA) is 111 Å². The van der Waals surface area contributed by atoms with E-state index >= 15 is 0 Å². The summed E-state index contributed by atoms with van der Waals surface area (Å²) in [5.41, 5.74) is 2.10. The highest BCUT2D eigenvalue weighted by Gasteiger charge is 2.47. The van der Waals surface area contributed by atoms with Crippen molar-refractivity contribution in [3.63, 3.8) is 0 Å². The molecule has 0 bridgehead atoms. The number of aliphatic hydroxyl groups excluding tert-OH is 1. The van der Waals surface area contributed by atoms with Gasteiger partial charge in [0, 0.05) is 64.1 Å². The lowest BCUT2D eigenvalue weighted by molar-refractivity contribution is -0.144. The van der Waals surface area contributed by atoms with Gasteiger partial charge >= 0.3 is 5.97 Å². The molecule has 3 unspecified atom stereocenters. The average Bonchev–Trinajstić information content (AvgIpc) is 3.62. The van der Waals surface area contributed by atoms with Gasteiger partial charge in [-0.15, -0.1) is 0 Å². The molecule has 9 heteroatoms. The third-order valence-electron chi connectivity index (χ3n) is 8.33. The first-order valence-electron chi connectivity index (χ1n) is 14.3. The Morgan fingerprint density at radius 3 is 2.68 bits per heavy atom.